The van der Waals surface area contributed by atoms with Crippen LogP contribution in [0.3, 0.4) is 0 Å². The Morgan fingerprint density at radius 3 is 3.10 bits per heavy atom. The highest BCUT2D eigenvalue weighted by Crippen LogP contribution is 2.21. The van der Waals surface area contributed by atoms with Gasteiger partial charge in [0.25, 0.3) is 5.91 Å². The van der Waals surface area contributed by atoms with E-state index in [1.54, 1.807) is 18.5 Å². The lowest BCUT2D eigenvalue weighted by Gasteiger charge is -2.38. The number of nitrogens with zero attached hydrogens (tertiary/aromatic N) is 3. The van der Waals surface area contributed by atoms with E-state index < -0.39 is 0 Å². The van der Waals surface area contributed by atoms with Crippen molar-refractivity contribution in [3.05, 3.63) is 36.3 Å². The maximum atomic E-state index is 12.6. The minimum Gasteiger partial charge on any atom is -0.355 e. The van der Waals surface area contributed by atoms with Gasteiger partial charge in [0.1, 0.15) is 0 Å². The largest absolute Gasteiger partial charge is 0.355 e. The van der Waals surface area contributed by atoms with Crippen LogP contribution in [0.5, 0.6) is 0 Å². The van der Waals surface area contributed by atoms with Crippen molar-refractivity contribution >= 4 is 5.91 Å². The molecule has 3 heterocycles. The Kier molecular flexibility index (Phi) is 3.70. The van der Waals surface area contributed by atoms with Crippen LogP contribution in [0.25, 0.3) is 11.3 Å². The molecule has 0 radical (unpaired) electrons. The maximum absolute atomic E-state index is 12.6. The smallest absolute Gasteiger partial charge is 0.276 e. The molecule has 0 bridgehead atoms. The summed E-state index contributed by atoms with van der Waals surface area (Å²) in [5.41, 5.74) is 1.15. The molecule has 0 aliphatic carbocycles. The molecule has 2 atom stereocenters. The quantitative estimate of drug-likeness (QED) is 0.907. The fourth-order valence-electron chi connectivity index (χ4n) is 2.51. The number of amides is 1. The highest BCUT2D eigenvalue weighted by Gasteiger charge is 2.30. The Morgan fingerprint density at radius 2 is 2.33 bits per heavy atom. The van der Waals surface area contributed by atoms with Gasteiger partial charge in [-0.3, -0.25) is 9.78 Å². The molecule has 1 fully saturated rings. The van der Waals surface area contributed by atoms with Crippen molar-refractivity contribution < 1.29 is 9.32 Å². The zero-order chi connectivity index (χ0) is 14.8. The Labute approximate surface area is 123 Å². The van der Waals surface area contributed by atoms with Gasteiger partial charge in [0, 0.05) is 49.2 Å². The van der Waals surface area contributed by atoms with Crippen molar-refractivity contribution in [2.75, 3.05) is 13.1 Å². The summed E-state index contributed by atoms with van der Waals surface area (Å²) in [5.74, 6) is 0.469. The van der Waals surface area contributed by atoms with Crippen LogP contribution in [0.15, 0.2) is 35.1 Å². The summed E-state index contributed by atoms with van der Waals surface area (Å²) in [5, 5.41) is 7.27. The third kappa shape index (κ3) is 2.67. The zero-order valence-corrected chi connectivity index (χ0v) is 12.1. The van der Waals surface area contributed by atoms with E-state index in [0.29, 0.717) is 18.0 Å². The molecule has 3 rings (SSSR count). The molecule has 1 aliphatic rings. The Bertz CT molecular complexity index is 626. The van der Waals surface area contributed by atoms with Crippen molar-refractivity contribution in [3.8, 4) is 11.3 Å². The van der Waals surface area contributed by atoms with Crippen molar-refractivity contribution in [3.63, 3.8) is 0 Å². The van der Waals surface area contributed by atoms with Crippen LogP contribution in [0.4, 0.5) is 0 Å². The van der Waals surface area contributed by atoms with Crippen LogP contribution in [-0.2, 0) is 0 Å². The summed E-state index contributed by atoms with van der Waals surface area (Å²) in [6.45, 7) is 5.59. The Morgan fingerprint density at radius 1 is 1.48 bits per heavy atom. The lowest BCUT2D eigenvalue weighted by Crippen LogP contribution is -2.57. The fourth-order valence-corrected chi connectivity index (χ4v) is 2.51. The van der Waals surface area contributed by atoms with Gasteiger partial charge in [-0.1, -0.05) is 5.16 Å². The van der Waals surface area contributed by atoms with E-state index in [9.17, 15) is 4.79 Å². The molecule has 1 amide bonds. The number of carbonyl (C=O) groups excluding carboxylic acids is 1. The first kappa shape index (κ1) is 13.8. The average molecular weight is 286 g/mol. The normalized spacial score (nSPS) is 22.3. The Hall–Kier alpha value is -2.21. The first-order chi connectivity index (χ1) is 10.2. The minimum atomic E-state index is -0.0882. The number of hydrogen-bond acceptors (Lipinski definition) is 5. The first-order valence-corrected chi connectivity index (χ1v) is 7.08. The molecule has 0 aromatic carbocycles. The van der Waals surface area contributed by atoms with Gasteiger partial charge in [0.05, 0.1) is 0 Å². The van der Waals surface area contributed by atoms with Gasteiger partial charge in [-0.05, 0) is 26.0 Å². The molecule has 6 nitrogen and oxygen atoms in total. The second-order valence-corrected chi connectivity index (χ2v) is 5.30. The van der Waals surface area contributed by atoms with Crippen LogP contribution >= 0.6 is 0 Å². The van der Waals surface area contributed by atoms with Crippen molar-refractivity contribution in [2.24, 2.45) is 0 Å². The molecule has 6 heteroatoms. The molecule has 0 spiro atoms. The summed E-state index contributed by atoms with van der Waals surface area (Å²) in [6, 6.07) is 5.77. The van der Waals surface area contributed by atoms with Crippen molar-refractivity contribution in [1.82, 2.24) is 20.4 Å². The number of pyridine rings is 1. The summed E-state index contributed by atoms with van der Waals surface area (Å²) in [6.07, 6.45) is 3.38. The summed E-state index contributed by atoms with van der Waals surface area (Å²) >= 11 is 0. The number of piperazine rings is 1. The summed E-state index contributed by atoms with van der Waals surface area (Å²) < 4.78 is 5.27. The van der Waals surface area contributed by atoms with Gasteiger partial charge in [-0.25, -0.2) is 0 Å². The van der Waals surface area contributed by atoms with E-state index in [1.165, 1.54) is 0 Å². The standard InChI is InChI=1S/C15H18N4O2/c1-10-11(2)19(7-6-17-10)15(20)13-8-14(21-18-13)12-4-3-5-16-9-12/h3-5,8-11,17H,6-7H2,1-2H3. The Balaban J connectivity index is 1.81. The lowest BCUT2D eigenvalue weighted by atomic mass is 10.1. The predicted molar refractivity (Wildman–Crippen MR) is 77.7 cm³/mol. The molecular formula is C15H18N4O2. The van der Waals surface area contributed by atoms with Crippen LogP contribution < -0.4 is 5.32 Å². The van der Waals surface area contributed by atoms with Gasteiger partial charge in [-0.15, -0.1) is 0 Å². The SMILES string of the molecule is CC1NCCN(C(=O)c2cc(-c3cccnc3)on2)C1C. The third-order valence-corrected chi connectivity index (χ3v) is 3.97. The molecule has 1 saturated heterocycles. The van der Waals surface area contributed by atoms with Gasteiger partial charge in [0.2, 0.25) is 0 Å². The van der Waals surface area contributed by atoms with Crippen LogP contribution in [0.2, 0.25) is 0 Å². The topological polar surface area (TPSA) is 71.3 Å². The van der Waals surface area contributed by atoms with Gasteiger partial charge >= 0.3 is 0 Å². The van der Waals surface area contributed by atoms with Gasteiger partial charge < -0.3 is 14.7 Å². The minimum absolute atomic E-state index is 0.0882. The molecule has 21 heavy (non-hydrogen) atoms. The van der Waals surface area contributed by atoms with Crippen molar-refractivity contribution in [2.45, 2.75) is 25.9 Å². The van der Waals surface area contributed by atoms with Gasteiger partial charge in [-0.2, -0.15) is 0 Å². The molecule has 2 aromatic rings. The summed E-state index contributed by atoms with van der Waals surface area (Å²) in [7, 11) is 0. The first-order valence-electron chi connectivity index (χ1n) is 7.08. The number of hydrogen-bond donors (Lipinski definition) is 1. The predicted octanol–water partition coefficient (Wildman–Crippen LogP) is 1.56. The van der Waals surface area contributed by atoms with E-state index in [0.717, 1.165) is 12.1 Å². The van der Waals surface area contributed by atoms with E-state index in [-0.39, 0.29) is 18.0 Å². The average Bonchev–Trinajstić information content (AvgIpc) is 3.00. The summed E-state index contributed by atoms with van der Waals surface area (Å²) in [4.78, 5) is 18.4. The number of rotatable bonds is 2. The van der Waals surface area contributed by atoms with E-state index in [1.807, 2.05) is 24.0 Å². The maximum Gasteiger partial charge on any atom is 0.276 e. The van der Waals surface area contributed by atoms with E-state index in [2.05, 4.69) is 22.4 Å². The number of aromatic nitrogens is 2. The highest BCUT2D eigenvalue weighted by atomic mass is 16.5. The van der Waals surface area contributed by atoms with E-state index in [4.69, 9.17) is 4.52 Å². The molecular weight excluding hydrogens is 268 g/mol. The molecule has 110 valence electrons. The third-order valence-electron chi connectivity index (χ3n) is 3.97. The molecule has 2 unspecified atom stereocenters. The van der Waals surface area contributed by atoms with Crippen molar-refractivity contribution in [1.29, 1.82) is 0 Å². The number of carbonyl (C=O) groups is 1. The highest BCUT2D eigenvalue weighted by molar-refractivity contribution is 5.93. The van der Waals surface area contributed by atoms with Gasteiger partial charge in [0.15, 0.2) is 11.5 Å². The second-order valence-electron chi connectivity index (χ2n) is 5.30. The van der Waals surface area contributed by atoms with E-state index >= 15 is 0 Å². The number of nitrogens with one attached hydrogen (secondary N) is 1. The van der Waals surface area contributed by atoms with Crippen LogP contribution in [-0.4, -0.2) is 46.1 Å². The molecule has 1 aliphatic heterocycles. The zero-order valence-electron chi connectivity index (χ0n) is 12.1. The molecule has 1 N–H and O–H groups in total. The molecule has 2 aromatic heterocycles. The van der Waals surface area contributed by atoms with Crippen LogP contribution in [0, 0.1) is 0 Å². The lowest BCUT2D eigenvalue weighted by molar-refractivity contribution is 0.0592. The van der Waals surface area contributed by atoms with Crippen LogP contribution in [0.1, 0.15) is 24.3 Å². The molecule has 0 saturated carbocycles. The monoisotopic (exact) mass is 286 g/mol. The second kappa shape index (κ2) is 5.65. The fraction of sp³-hybridized carbons (Fsp3) is 0.400.